The monoisotopic (exact) mass is 307 g/mol. The maximum Gasteiger partial charge on any atom is 0.237 e. The van der Waals surface area contributed by atoms with Crippen molar-refractivity contribution in [3.8, 4) is 0 Å². The standard InChI is InChI=1S/C18H33N3O/c1-2-9-21-10-7-14(8-11-21)13-19-18(22)17-12-15-5-3-4-6-16(15)20-17/h14-17,20H,2-13H2,1H3,(H,19,22). The Hall–Kier alpha value is -0.610. The van der Waals surface area contributed by atoms with Crippen LogP contribution >= 0.6 is 0 Å². The molecule has 4 nitrogen and oxygen atoms in total. The van der Waals surface area contributed by atoms with Crippen molar-refractivity contribution in [1.82, 2.24) is 15.5 Å². The largest absolute Gasteiger partial charge is 0.354 e. The van der Waals surface area contributed by atoms with Gasteiger partial charge in [-0.15, -0.1) is 0 Å². The molecule has 3 atom stereocenters. The molecule has 22 heavy (non-hydrogen) atoms. The average Bonchev–Trinajstić information content (AvgIpc) is 2.98. The third kappa shape index (κ3) is 4.02. The molecule has 0 aromatic carbocycles. The van der Waals surface area contributed by atoms with Crippen LogP contribution in [0.4, 0.5) is 0 Å². The normalized spacial score (nSPS) is 33.6. The van der Waals surface area contributed by atoms with E-state index < -0.39 is 0 Å². The van der Waals surface area contributed by atoms with Gasteiger partial charge in [0.2, 0.25) is 5.91 Å². The van der Waals surface area contributed by atoms with Crippen molar-refractivity contribution >= 4 is 5.91 Å². The van der Waals surface area contributed by atoms with Gasteiger partial charge >= 0.3 is 0 Å². The molecule has 126 valence electrons. The molecule has 0 radical (unpaired) electrons. The fraction of sp³-hybridized carbons (Fsp3) is 0.944. The lowest BCUT2D eigenvalue weighted by Gasteiger charge is -2.31. The average molecular weight is 307 g/mol. The van der Waals surface area contributed by atoms with Crippen LogP contribution in [-0.2, 0) is 4.79 Å². The number of carbonyl (C=O) groups is 1. The highest BCUT2D eigenvalue weighted by molar-refractivity contribution is 5.82. The molecule has 0 spiro atoms. The summed E-state index contributed by atoms with van der Waals surface area (Å²) in [4.78, 5) is 15.0. The van der Waals surface area contributed by atoms with Gasteiger partial charge in [-0.05, 0) is 70.0 Å². The molecule has 4 heteroatoms. The first kappa shape index (κ1) is 16.3. The highest BCUT2D eigenvalue weighted by atomic mass is 16.2. The van der Waals surface area contributed by atoms with Crippen LogP contribution in [0.5, 0.6) is 0 Å². The van der Waals surface area contributed by atoms with Gasteiger partial charge in [-0.25, -0.2) is 0 Å². The molecule has 3 aliphatic rings. The number of piperidine rings is 1. The van der Waals surface area contributed by atoms with E-state index >= 15 is 0 Å². The van der Waals surface area contributed by atoms with E-state index in [0.29, 0.717) is 12.0 Å². The smallest absolute Gasteiger partial charge is 0.237 e. The SMILES string of the molecule is CCCN1CCC(CNC(=O)C2CC3CCCCC3N2)CC1. The maximum absolute atomic E-state index is 12.4. The highest BCUT2D eigenvalue weighted by Gasteiger charge is 2.38. The first-order valence-electron chi connectivity index (χ1n) is 9.52. The van der Waals surface area contributed by atoms with Crippen molar-refractivity contribution in [1.29, 1.82) is 0 Å². The molecular formula is C18H33N3O. The number of rotatable bonds is 5. The second-order valence-corrected chi connectivity index (χ2v) is 7.64. The molecule has 3 rings (SSSR count). The minimum Gasteiger partial charge on any atom is -0.354 e. The van der Waals surface area contributed by atoms with Gasteiger partial charge in [0, 0.05) is 12.6 Å². The van der Waals surface area contributed by atoms with Crippen LogP contribution in [-0.4, -0.2) is 49.1 Å². The molecular weight excluding hydrogens is 274 g/mol. The number of nitrogens with one attached hydrogen (secondary N) is 2. The zero-order chi connectivity index (χ0) is 15.4. The summed E-state index contributed by atoms with van der Waals surface area (Å²) in [6, 6.07) is 0.690. The van der Waals surface area contributed by atoms with E-state index in [-0.39, 0.29) is 11.9 Å². The molecule has 3 fully saturated rings. The van der Waals surface area contributed by atoms with Gasteiger partial charge in [0.15, 0.2) is 0 Å². The summed E-state index contributed by atoms with van der Waals surface area (Å²) < 4.78 is 0. The topological polar surface area (TPSA) is 44.4 Å². The summed E-state index contributed by atoms with van der Waals surface area (Å²) in [5.41, 5.74) is 0. The number of amides is 1. The van der Waals surface area contributed by atoms with Gasteiger partial charge in [0.1, 0.15) is 0 Å². The number of hydrogen-bond acceptors (Lipinski definition) is 3. The predicted molar refractivity (Wildman–Crippen MR) is 89.8 cm³/mol. The van der Waals surface area contributed by atoms with Gasteiger partial charge in [-0.3, -0.25) is 4.79 Å². The minimum absolute atomic E-state index is 0.0771. The molecule has 3 unspecified atom stereocenters. The Balaban J connectivity index is 1.36. The number of likely N-dealkylation sites (tertiary alicyclic amines) is 1. The van der Waals surface area contributed by atoms with E-state index in [1.807, 2.05) is 0 Å². The molecule has 1 saturated carbocycles. The Morgan fingerprint density at radius 2 is 1.95 bits per heavy atom. The Morgan fingerprint density at radius 3 is 2.68 bits per heavy atom. The van der Waals surface area contributed by atoms with E-state index in [9.17, 15) is 4.79 Å². The van der Waals surface area contributed by atoms with Crippen molar-refractivity contribution in [2.75, 3.05) is 26.2 Å². The van der Waals surface area contributed by atoms with Gasteiger partial charge in [-0.1, -0.05) is 19.8 Å². The predicted octanol–water partition coefficient (Wildman–Crippen LogP) is 2.15. The van der Waals surface area contributed by atoms with Crippen molar-refractivity contribution in [2.24, 2.45) is 11.8 Å². The molecule has 1 aliphatic carbocycles. The molecule has 1 amide bonds. The first-order chi connectivity index (χ1) is 10.8. The lowest BCUT2D eigenvalue weighted by Crippen LogP contribution is -2.45. The zero-order valence-corrected chi connectivity index (χ0v) is 14.2. The van der Waals surface area contributed by atoms with Gasteiger partial charge in [0.25, 0.3) is 0 Å². The second-order valence-electron chi connectivity index (χ2n) is 7.64. The quantitative estimate of drug-likeness (QED) is 0.818. The number of hydrogen-bond donors (Lipinski definition) is 2. The third-order valence-electron chi connectivity index (χ3n) is 5.99. The van der Waals surface area contributed by atoms with E-state index in [2.05, 4.69) is 22.5 Å². The van der Waals surface area contributed by atoms with Crippen molar-refractivity contribution in [3.63, 3.8) is 0 Å². The van der Waals surface area contributed by atoms with Crippen LogP contribution in [0.2, 0.25) is 0 Å². The molecule has 2 aliphatic heterocycles. The van der Waals surface area contributed by atoms with Crippen molar-refractivity contribution in [3.05, 3.63) is 0 Å². The zero-order valence-electron chi connectivity index (χ0n) is 14.2. The van der Waals surface area contributed by atoms with Gasteiger partial charge in [-0.2, -0.15) is 0 Å². The molecule has 2 saturated heterocycles. The van der Waals surface area contributed by atoms with Crippen LogP contribution in [0.1, 0.15) is 58.3 Å². The summed E-state index contributed by atoms with van der Waals surface area (Å²) in [5.74, 6) is 1.69. The summed E-state index contributed by atoms with van der Waals surface area (Å²) in [6.07, 6.45) is 10.1. The lowest BCUT2D eigenvalue weighted by molar-refractivity contribution is -0.123. The first-order valence-corrected chi connectivity index (χ1v) is 9.52. The Morgan fingerprint density at radius 1 is 1.18 bits per heavy atom. The Labute approximate surface area is 135 Å². The number of fused-ring (bicyclic) bond motifs is 1. The minimum atomic E-state index is 0.0771. The van der Waals surface area contributed by atoms with Gasteiger partial charge < -0.3 is 15.5 Å². The van der Waals surface area contributed by atoms with Crippen LogP contribution in [0.15, 0.2) is 0 Å². The van der Waals surface area contributed by atoms with E-state index in [4.69, 9.17) is 0 Å². The highest BCUT2D eigenvalue weighted by Crippen LogP contribution is 2.33. The summed E-state index contributed by atoms with van der Waals surface area (Å²) in [7, 11) is 0. The molecule has 2 heterocycles. The van der Waals surface area contributed by atoms with Crippen LogP contribution < -0.4 is 10.6 Å². The lowest BCUT2D eigenvalue weighted by atomic mass is 9.85. The van der Waals surface area contributed by atoms with E-state index in [1.165, 1.54) is 64.6 Å². The molecule has 2 N–H and O–H groups in total. The number of nitrogens with zero attached hydrogens (tertiary/aromatic N) is 1. The number of carbonyl (C=O) groups excluding carboxylic acids is 1. The Bertz CT molecular complexity index is 351. The van der Waals surface area contributed by atoms with Crippen LogP contribution in [0.25, 0.3) is 0 Å². The fourth-order valence-electron chi connectivity index (χ4n) is 4.62. The molecule has 0 bridgehead atoms. The second kappa shape index (κ2) is 7.78. The summed E-state index contributed by atoms with van der Waals surface area (Å²) in [5, 5.41) is 6.81. The third-order valence-corrected chi connectivity index (χ3v) is 5.99. The van der Waals surface area contributed by atoms with E-state index in [1.54, 1.807) is 0 Å². The summed E-state index contributed by atoms with van der Waals surface area (Å²) in [6.45, 7) is 6.78. The fourth-order valence-corrected chi connectivity index (χ4v) is 4.62. The van der Waals surface area contributed by atoms with Gasteiger partial charge in [0.05, 0.1) is 6.04 Å². The maximum atomic E-state index is 12.4. The van der Waals surface area contributed by atoms with Crippen molar-refractivity contribution < 1.29 is 4.79 Å². The van der Waals surface area contributed by atoms with Crippen molar-refractivity contribution in [2.45, 2.75) is 70.4 Å². The molecule has 0 aromatic heterocycles. The van der Waals surface area contributed by atoms with Crippen LogP contribution in [0, 0.1) is 11.8 Å². The Kier molecular flexibility index (Phi) is 5.75. The van der Waals surface area contributed by atoms with Crippen LogP contribution in [0.3, 0.4) is 0 Å². The summed E-state index contributed by atoms with van der Waals surface area (Å²) >= 11 is 0. The van der Waals surface area contributed by atoms with E-state index in [0.717, 1.165) is 18.9 Å². The molecule has 0 aromatic rings.